The molecule has 0 aromatic heterocycles. The van der Waals surface area contributed by atoms with Gasteiger partial charge in [0.2, 0.25) is 0 Å². The van der Waals surface area contributed by atoms with E-state index in [4.69, 9.17) is 0 Å². The lowest BCUT2D eigenvalue weighted by Gasteiger charge is -2.09. The summed E-state index contributed by atoms with van der Waals surface area (Å²) in [5.41, 5.74) is 1.70. The minimum absolute atomic E-state index is 0.0395. The molecular formula is C12H15F4N. The van der Waals surface area contributed by atoms with Crippen LogP contribution >= 0.6 is 0 Å². The lowest BCUT2D eigenvalue weighted by Crippen LogP contribution is -2.18. The molecule has 0 aliphatic carbocycles. The summed E-state index contributed by atoms with van der Waals surface area (Å²) in [4.78, 5) is 0. The molecule has 1 rings (SSSR count). The summed E-state index contributed by atoms with van der Waals surface area (Å²) < 4.78 is 48.4. The minimum Gasteiger partial charge on any atom is -0.313 e. The minimum atomic E-state index is -4.10. The predicted molar refractivity (Wildman–Crippen MR) is 58.1 cm³/mol. The second kappa shape index (κ2) is 6.00. The fourth-order valence-corrected chi connectivity index (χ4v) is 1.47. The van der Waals surface area contributed by atoms with Crippen LogP contribution in [0.2, 0.25) is 0 Å². The van der Waals surface area contributed by atoms with Gasteiger partial charge in [0.05, 0.1) is 0 Å². The van der Waals surface area contributed by atoms with E-state index < -0.39 is 12.6 Å². The van der Waals surface area contributed by atoms with Gasteiger partial charge in [0.1, 0.15) is 5.82 Å². The van der Waals surface area contributed by atoms with Crippen molar-refractivity contribution < 1.29 is 17.6 Å². The normalized spacial score (nSPS) is 11.8. The monoisotopic (exact) mass is 249 g/mol. The maximum atomic E-state index is 12.9. The van der Waals surface area contributed by atoms with Gasteiger partial charge in [-0.15, -0.1) is 0 Å². The molecule has 0 aliphatic rings. The molecule has 0 aliphatic heterocycles. The van der Waals surface area contributed by atoms with Crippen molar-refractivity contribution in [1.82, 2.24) is 5.32 Å². The first-order valence-electron chi connectivity index (χ1n) is 5.41. The average Bonchev–Trinajstić information content (AvgIpc) is 2.21. The smallest absolute Gasteiger partial charge is 0.313 e. The molecule has 0 unspecified atom stereocenters. The van der Waals surface area contributed by atoms with E-state index in [9.17, 15) is 17.6 Å². The maximum absolute atomic E-state index is 12.9. The third kappa shape index (κ3) is 5.68. The Bertz CT molecular complexity index is 360. The molecule has 1 aromatic rings. The topological polar surface area (TPSA) is 12.0 Å². The van der Waals surface area contributed by atoms with E-state index in [1.54, 1.807) is 6.07 Å². The molecule has 0 bridgehead atoms. The van der Waals surface area contributed by atoms with Gasteiger partial charge in [-0.25, -0.2) is 4.39 Å². The Balaban J connectivity index is 2.29. The molecule has 0 heterocycles. The Morgan fingerprint density at radius 1 is 1.24 bits per heavy atom. The summed E-state index contributed by atoms with van der Waals surface area (Å²) in [6.07, 6.45) is -4.85. The Kier molecular flexibility index (Phi) is 4.93. The van der Waals surface area contributed by atoms with Gasteiger partial charge in [-0.1, -0.05) is 6.07 Å². The van der Waals surface area contributed by atoms with Crippen molar-refractivity contribution in [3.05, 3.63) is 35.1 Å². The summed E-state index contributed by atoms with van der Waals surface area (Å²) in [7, 11) is 0. The van der Waals surface area contributed by atoms with Gasteiger partial charge < -0.3 is 5.32 Å². The Morgan fingerprint density at radius 3 is 2.59 bits per heavy atom. The van der Waals surface area contributed by atoms with Crippen molar-refractivity contribution >= 4 is 0 Å². The van der Waals surface area contributed by atoms with Gasteiger partial charge in [0.25, 0.3) is 0 Å². The Hall–Kier alpha value is -1.10. The number of nitrogens with one attached hydrogen (secondary N) is 1. The molecule has 1 nitrogen and oxygen atoms in total. The van der Waals surface area contributed by atoms with Crippen molar-refractivity contribution in [3.8, 4) is 0 Å². The van der Waals surface area contributed by atoms with E-state index in [0.717, 1.165) is 11.1 Å². The van der Waals surface area contributed by atoms with E-state index >= 15 is 0 Å². The highest BCUT2D eigenvalue weighted by atomic mass is 19.4. The predicted octanol–water partition coefficient (Wildman–Crippen LogP) is 3.57. The van der Waals surface area contributed by atoms with Crippen molar-refractivity contribution in [3.63, 3.8) is 0 Å². The Labute approximate surface area is 97.8 Å². The van der Waals surface area contributed by atoms with Crippen LogP contribution in [0.3, 0.4) is 0 Å². The molecule has 0 saturated heterocycles. The summed E-state index contributed by atoms with van der Waals surface area (Å²) >= 11 is 0. The SMILES string of the molecule is Cc1ccc(F)cc1CNCCCC(F)(F)F. The van der Waals surface area contributed by atoms with Crippen LogP contribution in [0.1, 0.15) is 24.0 Å². The van der Waals surface area contributed by atoms with Crippen LogP contribution in [-0.2, 0) is 6.54 Å². The number of hydrogen-bond donors (Lipinski definition) is 1. The molecule has 1 N–H and O–H groups in total. The summed E-state index contributed by atoms with van der Waals surface area (Å²) in [5, 5.41) is 2.88. The molecule has 0 fully saturated rings. The first kappa shape index (κ1) is 14.0. The second-order valence-electron chi connectivity index (χ2n) is 3.97. The van der Waals surface area contributed by atoms with Crippen LogP contribution in [0.15, 0.2) is 18.2 Å². The lowest BCUT2D eigenvalue weighted by atomic mass is 10.1. The molecule has 0 atom stereocenters. The van der Waals surface area contributed by atoms with Crippen LogP contribution in [0.25, 0.3) is 0 Å². The number of rotatable bonds is 5. The van der Waals surface area contributed by atoms with Gasteiger partial charge in [-0.2, -0.15) is 13.2 Å². The zero-order valence-corrected chi connectivity index (χ0v) is 9.57. The van der Waals surface area contributed by atoms with E-state index in [1.807, 2.05) is 6.92 Å². The molecule has 0 saturated carbocycles. The van der Waals surface area contributed by atoms with E-state index in [2.05, 4.69) is 5.32 Å². The van der Waals surface area contributed by atoms with Crippen molar-refractivity contribution in [2.45, 2.75) is 32.5 Å². The second-order valence-corrected chi connectivity index (χ2v) is 3.97. The summed E-state index contributed by atoms with van der Waals surface area (Å²) in [6.45, 7) is 2.50. The van der Waals surface area contributed by atoms with Gasteiger partial charge in [0, 0.05) is 13.0 Å². The fraction of sp³-hybridized carbons (Fsp3) is 0.500. The van der Waals surface area contributed by atoms with Gasteiger partial charge in [-0.05, 0) is 43.1 Å². The number of alkyl halides is 3. The van der Waals surface area contributed by atoms with Crippen molar-refractivity contribution in [2.24, 2.45) is 0 Å². The van der Waals surface area contributed by atoms with Gasteiger partial charge >= 0.3 is 6.18 Å². The highest BCUT2D eigenvalue weighted by molar-refractivity contribution is 5.26. The molecule has 0 radical (unpaired) electrons. The van der Waals surface area contributed by atoms with E-state index in [-0.39, 0.29) is 18.8 Å². The maximum Gasteiger partial charge on any atom is 0.389 e. The van der Waals surface area contributed by atoms with Crippen molar-refractivity contribution in [1.29, 1.82) is 0 Å². The molecule has 1 aromatic carbocycles. The highest BCUT2D eigenvalue weighted by Gasteiger charge is 2.25. The first-order valence-corrected chi connectivity index (χ1v) is 5.41. The number of hydrogen-bond acceptors (Lipinski definition) is 1. The third-order valence-corrected chi connectivity index (χ3v) is 2.44. The van der Waals surface area contributed by atoms with Crippen LogP contribution in [0.4, 0.5) is 17.6 Å². The number of benzene rings is 1. The van der Waals surface area contributed by atoms with Crippen LogP contribution in [0.5, 0.6) is 0 Å². The largest absolute Gasteiger partial charge is 0.389 e. The molecular weight excluding hydrogens is 234 g/mol. The van der Waals surface area contributed by atoms with E-state index in [1.165, 1.54) is 12.1 Å². The van der Waals surface area contributed by atoms with Crippen LogP contribution in [-0.4, -0.2) is 12.7 Å². The average molecular weight is 249 g/mol. The molecule has 5 heteroatoms. The molecule has 96 valence electrons. The standard InChI is InChI=1S/C12H15F4N/c1-9-3-4-11(13)7-10(9)8-17-6-2-5-12(14,15)16/h3-4,7,17H,2,5-6,8H2,1H3. The first-order chi connectivity index (χ1) is 7.88. The molecule has 0 spiro atoms. The Morgan fingerprint density at radius 2 is 1.94 bits per heavy atom. The van der Waals surface area contributed by atoms with Crippen LogP contribution < -0.4 is 5.32 Å². The third-order valence-electron chi connectivity index (χ3n) is 2.44. The summed E-state index contributed by atoms with van der Waals surface area (Å²) in [6, 6.07) is 4.41. The zero-order valence-electron chi connectivity index (χ0n) is 9.57. The van der Waals surface area contributed by atoms with E-state index in [0.29, 0.717) is 6.54 Å². The van der Waals surface area contributed by atoms with Crippen molar-refractivity contribution in [2.75, 3.05) is 6.54 Å². The van der Waals surface area contributed by atoms with Gasteiger partial charge in [0.15, 0.2) is 0 Å². The zero-order chi connectivity index (χ0) is 12.9. The quantitative estimate of drug-likeness (QED) is 0.621. The highest BCUT2D eigenvalue weighted by Crippen LogP contribution is 2.20. The number of halogens is 4. The van der Waals surface area contributed by atoms with Gasteiger partial charge in [-0.3, -0.25) is 0 Å². The lowest BCUT2D eigenvalue weighted by molar-refractivity contribution is -0.135. The van der Waals surface area contributed by atoms with Crippen LogP contribution in [0, 0.1) is 12.7 Å². The molecule has 17 heavy (non-hydrogen) atoms. The molecule has 0 amide bonds. The number of aryl methyl sites for hydroxylation is 1. The summed E-state index contributed by atoms with van der Waals surface area (Å²) in [5.74, 6) is -0.331. The fourth-order valence-electron chi connectivity index (χ4n) is 1.47.